The fourth-order valence-corrected chi connectivity index (χ4v) is 1.77. The molecule has 0 radical (unpaired) electrons. The minimum absolute atomic E-state index is 0.208. The SMILES string of the molecule is CCOc1cc(C(=O)NCCn2nc(C)ccc2=O)ncn1. The van der Waals surface area contributed by atoms with Gasteiger partial charge in [0.2, 0.25) is 5.88 Å². The van der Waals surface area contributed by atoms with E-state index in [4.69, 9.17) is 4.74 Å². The van der Waals surface area contributed by atoms with Crippen molar-refractivity contribution >= 4 is 5.91 Å². The Morgan fingerprint density at radius 3 is 2.95 bits per heavy atom. The molecule has 0 fully saturated rings. The summed E-state index contributed by atoms with van der Waals surface area (Å²) in [4.78, 5) is 31.3. The van der Waals surface area contributed by atoms with Gasteiger partial charge in [-0.15, -0.1) is 0 Å². The number of hydrogen-bond acceptors (Lipinski definition) is 6. The average molecular weight is 303 g/mol. The van der Waals surface area contributed by atoms with Crippen molar-refractivity contribution in [3.63, 3.8) is 0 Å². The van der Waals surface area contributed by atoms with Crippen molar-refractivity contribution in [1.29, 1.82) is 0 Å². The Morgan fingerprint density at radius 1 is 1.36 bits per heavy atom. The molecule has 8 nitrogen and oxygen atoms in total. The number of carbonyl (C=O) groups is 1. The lowest BCUT2D eigenvalue weighted by Crippen LogP contribution is -2.32. The Hall–Kier alpha value is -2.77. The number of nitrogens with zero attached hydrogens (tertiary/aromatic N) is 4. The first-order valence-electron chi connectivity index (χ1n) is 6.88. The summed E-state index contributed by atoms with van der Waals surface area (Å²) in [6, 6.07) is 4.56. The van der Waals surface area contributed by atoms with Gasteiger partial charge in [0.05, 0.1) is 18.8 Å². The van der Waals surface area contributed by atoms with Crippen LogP contribution in [0.4, 0.5) is 0 Å². The third kappa shape index (κ3) is 4.11. The maximum absolute atomic E-state index is 12.0. The second kappa shape index (κ2) is 7.30. The predicted octanol–water partition coefficient (Wildman–Crippen LogP) is 0.170. The Morgan fingerprint density at radius 2 is 2.18 bits per heavy atom. The molecule has 2 aromatic heterocycles. The minimum Gasteiger partial charge on any atom is -0.478 e. The summed E-state index contributed by atoms with van der Waals surface area (Å²) < 4.78 is 6.52. The van der Waals surface area contributed by atoms with E-state index in [0.717, 1.165) is 5.69 Å². The molecule has 1 N–H and O–H groups in total. The van der Waals surface area contributed by atoms with Gasteiger partial charge in [0, 0.05) is 18.7 Å². The standard InChI is InChI=1S/C14H17N5O3/c1-3-22-12-8-11(16-9-17-12)14(21)15-6-7-19-13(20)5-4-10(2)18-19/h4-5,8-9H,3,6-7H2,1-2H3,(H,15,21). The van der Waals surface area contributed by atoms with Gasteiger partial charge >= 0.3 is 0 Å². The minimum atomic E-state index is -0.357. The van der Waals surface area contributed by atoms with Crippen LogP contribution in [0.15, 0.2) is 29.3 Å². The van der Waals surface area contributed by atoms with Gasteiger partial charge in [0.15, 0.2) is 0 Å². The van der Waals surface area contributed by atoms with Gasteiger partial charge in [0.1, 0.15) is 12.0 Å². The van der Waals surface area contributed by atoms with E-state index in [9.17, 15) is 9.59 Å². The van der Waals surface area contributed by atoms with Gasteiger partial charge in [-0.25, -0.2) is 14.6 Å². The Balaban J connectivity index is 1.94. The number of ether oxygens (including phenoxy) is 1. The van der Waals surface area contributed by atoms with Crippen molar-refractivity contribution in [2.24, 2.45) is 0 Å². The molecule has 2 heterocycles. The molecule has 1 amide bonds. The van der Waals surface area contributed by atoms with Gasteiger partial charge in [-0.1, -0.05) is 0 Å². The van der Waals surface area contributed by atoms with Gasteiger partial charge in [-0.3, -0.25) is 9.59 Å². The molecule has 0 bridgehead atoms. The number of aryl methyl sites for hydroxylation is 1. The van der Waals surface area contributed by atoms with Crippen LogP contribution in [0.5, 0.6) is 5.88 Å². The summed E-state index contributed by atoms with van der Waals surface area (Å²) in [5.41, 5.74) is 0.742. The molecule has 0 aromatic carbocycles. The Bertz CT molecular complexity index is 714. The molecule has 0 atom stereocenters. The molecule has 0 aliphatic heterocycles. The van der Waals surface area contributed by atoms with E-state index >= 15 is 0 Å². The number of aromatic nitrogens is 4. The highest BCUT2D eigenvalue weighted by Crippen LogP contribution is 2.06. The second-order valence-corrected chi connectivity index (χ2v) is 4.47. The van der Waals surface area contributed by atoms with Gasteiger partial charge in [0.25, 0.3) is 11.5 Å². The fraction of sp³-hybridized carbons (Fsp3) is 0.357. The van der Waals surface area contributed by atoms with Crippen LogP contribution in [0.25, 0.3) is 0 Å². The molecule has 2 rings (SSSR count). The zero-order valence-electron chi connectivity index (χ0n) is 12.4. The van der Waals surface area contributed by atoms with Crippen molar-refractivity contribution in [1.82, 2.24) is 25.1 Å². The Labute approximate surface area is 127 Å². The molecule has 2 aromatic rings. The molecule has 0 aliphatic rings. The van der Waals surface area contributed by atoms with Crippen LogP contribution in [-0.2, 0) is 6.54 Å². The van der Waals surface area contributed by atoms with Crippen molar-refractivity contribution < 1.29 is 9.53 Å². The first-order valence-corrected chi connectivity index (χ1v) is 6.88. The molecule has 0 aliphatic carbocycles. The van der Waals surface area contributed by atoms with E-state index < -0.39 is 0 Å². The highest BCUT2D eigenvalue weighted by Gasteiger charge is 2.09. The lowest BCUT2D eigenvalue weighted by Gasteiger charge is -2.07. The van der Waals surface area contributed by atoms with Crippen molar-refractivity contribution in [2.75, 3.05) is 13.2 Å². The lowest BCUT2D eigenvalue weighted by molar-refractivity contribution is 0.0946. The molecule has 0 unspecified atom stereocenters. The highest BCUT2D eigenvalue weighted by atomic mass is 16.5. The quantitative estimate of drug-likeness (QED) is 0.816. The van der Waals surface area contributed by atoms with E-state index in [1.54, 1.807) is 13.0 Å². The van der Waals surface area contributed by atoms with Crippen LogP contribution < -0.4 is 15.6 Å². The molecule has 0 saturated carbocycles. The fourth-order valence-electron chi connectivity index (χ4n) is 1.77. The van der Waals surface area contributed by atoms with Gasteiger partial charge < -0.3 is 10.1 Å². The van der Waals surface area contributed by atoms with Crippen molar-refractivity contribution in [3.05, 3.63) is 46.3 Å². The summed E-state index contributed by atoms with van der Waals surface area (Å²) >= 11 is 0. The second-order valence-electron chi connectivity index (χ2n) is 4.47. The zero-order chi connectivity index (χ0) is 15.9. The largest absolute Gasteiger partial charge is 0.478 e. The van der Waals surface area contributed by atoms with Crippen LogP contribution in [0.2, 0.25) is 0 Å². The maximum Gasteiger partial charge on any atom is 0.270 e. The number of rotatable bonds is 6. The van der Waals surface area contributed by atoms with Gasteiger partial charge in [-0.2, -0.15) is 5.10 Å². The first-order chi connectivity index (χ1) is 10.6. The molecule has 22 heavy (non-hydrogen) atoms. The van der Waals surface area contributed by atoms with E-state index in [-0.39, 0.29) is 30.2 Å². The van der Waals surface area contributed by atoms with Crippen LogP contribution in [0.3, 0.4) is 0 Å². The molecular weight excluding hydrogens is 286 g/mol. The van der Waals surface area contributed by atoms with E-state index in [1.165, 1.54) is 23.1 Å². The highest BCUT2D eigenvalue weighted by molar-refractivity contribution is 5.92. The van der Waals surface area contributed by atoms with Crippen LogP contribution in [0.1, 0.15) is 23.1 Å². The Kier molecular flexibility index (Phi) is 5.18. The number of carbonyl (C=O) groups excluding carboxylic acids is 1. The maximum atomic E-state index is 12.0. The number of hydrogen-bond donors (Lipinski definition) is 1. The van der Waals surface area contributed by atoms with E-state index in [1.807, 2.05) is 6.92 Å². The smallest absolute Gasteiger partial charge is 0.270 e. The van der Waals surface area contributed by atoms with E-state index in [2.05, 4.69) is 20.4 Å². The predicted molar refractivity (Wildman–Crippen MR) is 78.8 cm³/mol. The first kappa shape index (κ1) is 15.6. The zero-order valence-corrected chi connectivity index (χ0v) is 12.4. The number of nitrogens with one attached hydrogen (secondary N) is 1. The molecule has 0 spiro atoms. The summed E-state index contributed by atoms with van der Waals surface area (Å²) in [5, 5.41) is 6.77. The average Bonchev–Trinajstić information content (AvgIpc) is 2.51. The van der Waals surface area contributed by atoms with E-state index in [0.29, 0.717) is 12.5 Å². The van der Waals surface area contributed by atoms with Crippen LogP contribution >= 0.6 is 0 Å². The van der Waals surface area contributed by atoms with Crippen LogP contribution in [0, 0.1) is 6.92 Å². The summed E-state index contributed by atoms with van der Waals surface area (Å²) in [6.07, 6.45) is 1.27. The van der Waals surface area contributed by atoms with Crippen molar-refractivity contribution in [2.45, 2.75) is 20.4 Å². The van der Waals surface area contributed by atoms with Crippen LogP contribution in [-0.4, -0.2) is 38.8 Å². The third-order valence-corrected chi connectivity index (χ3v) is 2.78. The molecule has 0 saturated heterocycles. The summed E-state index contributed by atoms with van der Waals surface area (Å²) in [5.74, 6) is -0.0109. The number of amides is 1. The summed E-state index contributed by atoms with van der Waals surface area (Å²) in [7, 11) is 0. The third-order valence-electron chi connectivity index (χ3n) is 2.78. The summed E-state index contributed by atoms with van der Waals surface area (Å²) in [6.45, 7) is 4.64. The monoisotopic (exact) mass is 303 g/mol. The molecule has 116 valence electrons. The molecule has 8 heteroatoms. The lowest BCUT2D eigenvalue weighted by atomic mass is 10.3. The molecular formula is C14H17N5O3. The topological polar surface area (TPSA) is 99.0 Å². The normalized spacial score (nSPS) is 10.3. The van der Waals surface area contributed by atoms with Crippen molar-refractivity contribution in [3.8, 4) is 5.88 Å². The van der Waals surface area contributed by atoms with Gasteiger partial charge in [-0.05, 0) is 19.9 Å².